The Morgan fingerprint density at radius 1 is 1.50 bits per heavy atom. The Hall–Kier alpha value is -0.660. The zero-order valence-corrected chi connectivity index (χ0v) is 7.52. The van der Waals surface area contributed by atoms with Crippen LogP contribution in [0, 0.1) is 0 Å². The molecule has 0 atom stereocenters. The Bertz CT molecular complexity index is 236. The van der Waals surface area contributed by atoms with E-state index in [0.717, 1.165) is 0 Å². The van der Waals surface area contributed by atoms with E-state index in [2.05, 4.69) is 5.32 Å². The number of aliphatic hydroxyl groups is 1. The lowest BCUT2D eigenvalue weighted by molar-refractivity contribution is -0.119. The molecular weight excluding hydrogens is 184 g/mol. The maximum absolute atomic E-state index is 10.8. The van der Waals surface area contributed by atoms with Gasteiger partial charge >= 0.3 is 0 Å². The van der Waals surface area contributed by atoms with Crippen molar-refractivity contribution in [1.82, 2.24) is 10.0 Å². The number of carbonyl (C=O) groups excluding carboxylic acids is 1. The number of sulfonamides is 1. The molecule has 0 aliphatic carbocycles. The molecule has 1 amide bonds. The number of hydrogen-bond donors (Lipinski definition) is 3. The molecule has 0 aromatic carbocycles. The third-order valence-electron chi connectivity index (χ3n) is 1.09. The lowest BCUT2D eigenvalue weighted by Crippen LogP contribution is -2.36. The van der Waals surface area contributed by atoms with Gasteiger partial charge in [-0.05, 0) is 0 Å². The molecule has 0 radical (unpaired) electrons. The van der Waals surface area contributed by atoms with Crippen LogP contribution in [-0.2, 0) is 14.8 Å². The van der Waals surface area contributed by atoms with Crippen LogP contribution < -0.4 is 10.0 Å². The van der Waals surface area contributed by atoms with Gasteiger partial charge in [0, 0.05) is 7.05 Å². The lowest BCUT2D eigenvalue weighted by atomic mass is 10.6. The van der Waals surface area contributed by atoms with Gasteiger partial charge < -0.3 is 10.4 Å². The van der Waals surface area contributed by atoms with Gasteiger partial charge in [0.05, 0.1) is 18.9 Å². The summed E-state index contributed by atoms with van der Waals surface area (Å²) in [6.45, 7) is -0.748. The minimum atomic E-state index is -3.50. The van der Waals surface area contributed by atoms with Crippen molar-refractivity contribution in [2.45, 2.75) is 0 Å². The van der Waals surface area contributed by atoms with Gasteiger partial charge in [0.1, 0.15) is 0 Å². The van der Waals surface area contributed by atoms with E-state index in [0.29, 0.717) is 0 Å². The highest BCUT2D eigenvalue weighted by Gasteiger charge is 2.09. The summed E-state index contributed by atoms with van der Waals surface area (Å²) in [6, 6.07) is 0. The molecule has 12 heavy (non-hydrogen) atoms. The second-order valence-corrected chi connectivity index (χ2v) is 3.96. The topological polar surface area (TPSA) is 95.5 Å². The maximum atomic E-state index is 10.8. The maximum Gasteiger partial charge on any atom is 0.234 e. The van der Waals surface area contributed by atoms with Crippen molar-refractivity contribution in [2.24, 2.45) is 0 Å². The van der Waals surface area contributed by atoms with Crippen LogP contribution >= 0.6 is 0 Å². The van der Waals surface area contributed by atoms with Crippen molar-refractivity contribution in [3.63, 3.8) is 0 Å². The molecule has 0 fully saturated rings. The zero-order chi connectivity index (χ0) is 9.61. The molecule has 3 N–H and O–H groups in total. The molecule has 0 aromatic rings. The predicted molar refractivity (Wildman–Crippen MR) is 42.9 cm³/mol. The second kappa shape index (κ2) is 5.07. The molecular formula is C5H12N2O4S. The Morgan fingerprint density at radius 2 is 2.08 bits per heavy atom. The standard InChI is InChI=1S/C5H12N2O4S/c1-6-5(9)4-7-12(10,11)3-2-8/h7-8H,2-4H2,1H3,(H,6,9). The Balaban J connectivity index is 3.84. The summed E-state index contributed by atoms with van der Waals surface area (Å²) >= 11 is 0. The van der Waals surface area contributed by atoms with Crippen LogP contribution in [0.2, 0.25) is 0 Å². The fourth-order valence-corrected chi connectivity index (χ4v) is 1.19. The fourth-order valence-electron chi connectivity index (χ4n) is 0.456. The summed E-state index contributed by atoms with van der Waals surface area (Å²) in [7, 11) is -2.09. The SMILES string of the molecule is CNC(=O)CNS(=O)(=O)CCO. The van der Waals surface area contributed by atoms with Crippen LogP contribution in [0.25, 0.3) is 0 Å². The Labute approximate surface area is 71.0 Å². The number of rotatable bonds is 5. The van der Waals surface area contributed by atoms with Crippen LogP contribution in [0.15, 0.2) is 0 Å². The lowest BCUT2D eigenvalue weighted by Gasteiger charge is -2.03. The van der Waals surface area contributed by atoms with Crippen molar-refractivity contribution in [1.29, 1.82) is 0 Å². The van der Waals surface area contributed by atoms with Crippen molar-refractivity contribution in [2.75, 3.05) is 26.0 Å². The van der Waals surface area contributed by atoms with E-state index in [9.17, 15) is 13.2 Å². The van der Waals surface area contributed by atoms with E-state index >= 15 is 0 Å². The van der Waals surface area contributed by atoms with Gasteiger partial charge in [-0.1, -0.05) is 0 Å². The van der Waals surface area contributed by atoms with Gasteiger partial charge in [-0.25, -0.2) is 13.1 Å². The molecule has 0 aliphatic rings. The highest BCUT2D eigenvalue weighted by Crippen LogP contribution is 1.80. The summed E-state index contributed by atoms with van der Waals surface area (Å²) in [5, 5.41) is 10.6. The third-order valence-corrected chi connectivity index (χ3v) is 2.40. The summed E-state index contributed by atoms with van der Waals surface area (Å²) in [4.78, 5) is 10.6. The molecule has 0 unspecified atom stereocenters. The molecule has 0 saturated carbocycles. The van der Waals surface area contributed by atoms with Crippen molar-refractivity contribution in [3.8, 4) is 0 Å². The summed E-state index contributed by atoms with van der Waals surface area (Å²) in [5.74, 6) is -0.805. The first-order valence-corrected chi connectivity index (χ1v) is 4.96. The molecule has 0 bridgehead atoms. The van der Waals surface area contributed by atoms with E-state index in [1.54, 1.807) is 0 Å². The van der Waals surface area contributed by atoms with Gasteiger partial charge in [-0.15, -0.1) is 0 Å². The van der Waals surface area contributed by atoms with E-state index in [4.69, 9.17) is 5.11 Å². The van der Waals surface area contributed by atoms with Gasteiger partial charge in [0.25, 0.3) is 0 Å². The normalized spacial score (nSPS) is 11.2. The second-order valence-electron chi connectivity index (χ2n) is 2.04. The van der Waals surface area contributed by atoms with Crippen LogP contribution in [0.1, 0.15) is 0 Å². The molecule has 7 heteroatoms. The Kier molecular flexibility index (Phi) is 4.79. The highest BCUT2D eigenvalue weighted by atomic mass is 32.2. The quantitative estimate of drug-likeness (QED) is 0.458. The summed E-state index contributed by atoms with van der Waals surface area (Å²) in [6.07, 6.45) is 0. The number of aliphatic hydroxyl groups excluding tert-OH is 1. The molecule has 72 valence electrons. The van der Waals surface area contributed by atoms with E-state index < -0.39 is 22.5 Å². The molecule has 6 nitrogen and oxygen atoms in total. The van der Waals surface area contributed by atoms with Crippen LogP contribution in [0.4, 0.5) is 0 Å². The monoisotopic (exact) mass is 196 g/mol. The van der Waals surface area contributed by atoms with Crippen LogP contribution in [0.3, 0.4) is 0 Å². The number of hydrogen-bond acceptors (Lipinski definition) is 4. The Morgan fingerprint density at radius 3 is 2.50 bits per heavy atom. The van der Waals surface area contributed by atoms with Crippen molar-refractivity contribution >= 4 is 15.9 Å². The molecule has 0 rings (SSSR count). The van der Waals surface area contributed by atoms with Crippen molar-refractivity contribution < 1.29 is 18.3 Å². The summed E-state index contributed by atoms with van der Waals surface area (Å²) in [5.41, 5.74) is 0. The number of nitrogens with one attached hydrogen (secondary N) is 2. The third kappa shape index (κ3) is 5.05. The van der Waals surface area contributed by atoms with Gasteiger partial charge in [0.2, 0.25) is 15.9 Å². The van der Waals surface area contributed by atoms with Crippen molar-refractivity contribution in [3.05, 3.63) is 0 Å². The zero-order valence-electron chi connectivity index (χ0n) is 6.70. The minimum absolute atomic E-state index is 0.293. The van der Waals surface area contributed by atoms with Gasteiger partial charge in [-0.3, -0.25) is 4.79 Å². The smallest absolute Gasteiger partial charge is 0.234 e. The first kappa shape index (κ1) is 11.3. The largest absolute Gasteiger partial charge is 0.395 e. The minimum Gasteiger partial charge on any atom is -0.395 e. The number of likely N-dealkylation sites (N-methyl/N-ethyl adjacent to an activating group) is 1. The molecule has 0 aromatic heterocycles. The highest BCUT2D eigenvalue weighted by molar-refractivity contribution is 7.89. The van der Waals surface area contributed by atoms with Gasteiger partial charge in [-0.2, -0.15) is 0 Å². The molecule has 0 spiro atoms. The number of amides is 1. The van der Waals surface area contributed by atoms with Gasteiger partial charge in [0.15, 0.2) is 0 Å². The first-order chi connectivity index (χ1) is 5.52. The van der Waals surface area contributed by atoms with E-state index in [1.165, 1.54) is 7.05 Å². The molecule has 0 aliphatic heterocycles. The summed E-state index contributed by atoms with van der Waals surface area (Å²) < 4.78 is 23.6. The predicted octanol–water partition coefficient (Wildman–Crippen LogP) is -2.36. The fraction of sp³-hybridized carbons (Fsp3) is 0.800. The van der Waals surface area contributed by atoms with E-state index in [-0.39, 0.29) is 12.3 Å². The molecule has 0 saturated heterocycles. The average Bonchev–Trinajstić information content (AvgIpc) is 2.00. The van der Waals surface area contributed by atoms with E-state index in [1.807, 2.05) is 4.72 Å². The van der Waals surface area contributed by atoms with Crippen LogP contribution in [-0.4, -0.2) is 45.4 Å². The molecule has 0 heterocycles. The van der Waals surface area contributed by atoms with Crippen LogP contribution in [0.5, 0.6) is 0 Å². The average molecular weight is 196 g/mol. The first-order valence-electron chi connectivity index (χ1n) is 3.30. The number of carbonyl (C=O) groups is 1.